The number of rotatable bonds is 9. The van der Waals surface area contributed by atoms with Crippen molar-refractivity contribution in [3.05, 3.63) is 35.1 Å². The van der Waals surface area contributed by atoms with E-state index in [4.69, 9.17) is 18.9 Å². The van der Waals surface area contributed by atoms with Gasteiger partial charge in [0.2, 0.25) is 6.79 Å². The van der Waals surface area contributed by atoms with E-state index in [1.54, 1.807) is 21.0 Å². The van der Waals surface area contributed by atoms with Crippen LogP contribution in [0.25, 0.3) is 0 Å². The van der Waals surface area contributed by atoms with Crippen LogP contribution in [-0.4, -0.2) is 71.9 Å². The zero-order valence-corrected chi connectivity index (χ0v) is 20.6. The van der Waals surface area contributed by atoms with Gasteiger partial charge < -0.3 is 29.2 Å². The van der Waals surface area contributed by atoms with Crippen LogP contribution in [0.3, 0.4) is 0 Å². The van der Waals surface area contributed by atoms with E-state index in [0.717, 1.165) is 42.8 Å². The molecule has 188 valence electrons. The van der Waals surface area contributed by atoms with Crippen LogP contribution in [0.1, 0.15) is 63.5 Å². The molecule has 0 saturated heterocycles. The van der Waals surface area contributed by atoms with Crippen LogP contribution in [0.5, 0.6) is 11.5 Å². The van der Waals surface area contributed by atoms with E-state index >= 15 is 0 Å². The second-order valence-corrected chi connectivity index (χ2v) is 10.1. The summed E-state index contributed by atoms with van der Waals surface area (Å²) in [7, 11) is 1.59. The Bertz CT molecular complexity index is 922. The zero-order valence-electron chi connectivity index (χ0n) is 20.6. The van der Waals surface area contributed by atoms with E-state index < -0.39 is 23.8 Å². The molecule has 2 heterocycles. The molecule has 0 aromatic heterocycles. The van der Waals surface area contributed by atoms with Gasteiger partial charge in [-0.15, -0.1) is 0 Å². The molecule has 1 aromatic carbocycles. The van der Waals surface area contributed by atoms with Crippen molar-refractivity contribution in [2.75, 3.05) is 27.0 Å². The normalized spacial score (nSPS) is 24.6. The standard InChI is InChI=1S/C26H37NO7/c1-5-10-27-11-8-16-12-20-21(33-15-32-20)13-17(16)23-18(27)14-22(31-4)24(23)34-25(29)19(28)7-6-9-26(2,3)30/h12-14,18-19,23-24,28,30H,5-11,15H2,1-4H3/t18-,19-,23-,24+/m0/s1. The average Bonchev–Trinajstić information content (AvgIpc) is 3.35. The fourth-order valence-electron chi connectivity index (χ4n) is 5.26. The first-order chi connectivity index (χ1) is 16.2. The Morgan fingerprint density at radius 1 is 1.29 bits per heavy atom. The van der Waals surface area contributed by atoms with Crippen molar-refractivity contribution >= 4 is 5.97 Å². The topological polar surface area (TPSA) is 97.7 Å². The molecule has 1 aromatic rings. The number of aliphatic hydroxyl groups is 2. The molecule has 0 radical (unpaired) electrons. The molecule has 1 aliphatic carbocycles. The van der Waals surface area contributed by atoms with Gasteiger partial charge >= 0.3 is 5.97 Å². The van der Waals surface area contributed by atoms with E-state index in [1.807, 2.05) is 12.1 Å². The minimum atomic E-state index is -1.26. The van der Waals surface area contributed by atoms with E-state index in [-0.39, 0.29) is 25.2 Å². The van der Waals surface area contributed by atoms with Crippen LogP contribution in [0.15, 0.2) is 24.0 Å². The van der Waals surface area contributed by atoms with Gasteiger partial charge in [-0.1, -0.05) is 6.92 Å². The van der Waals surface area contributed by atoms with Crippen molar-refractivity contribution in [3.8, 4) is 11.5 Å². The van der Waals surface area contributed by atoms with Crippen molar-refractivity contribution in [2.45, 2.75) is 82.6 Å². The predicted molar refractivity (Wildman–Crippen MR) is 126 cm³/mol. The lowest BCUT2D eigenvalue weighted by Gasteiger charge is -2.32. The monoisotopic (exact) mass is 475 g/mol. The van der Waals surface area contributed by atoms with Gasteiger partial charge in [0, 0.05) is 18.5 Å². The van der Waals surface area contributed by atoms with E-state index in [0.29, 0.717) is 24.4 Å². The summed E-state index contributed by atoms with van der Waals surface area (Å²) in [4.78, 5) is 15.3. The Balaban J connectivity index is 1.60. The highest BCUT2D eigenvalue weighted by Gasteiger charge is 2.47. The second kappa shape index (κ2) is 10.1. The highest BCUT2D eigenvalue weighted by molar-refractivity contribution is 5.75. The summed E-state index contributed by atoms with van der Waals surface area (Å²) in [5, 5.41) is 20.4. The van der Waals surface area contributed by atoms with E-state index in [9.17, 15) is 15.0 Å². The summed E-state index contributed by atoms with van der Waals surface area (Å²) in [5.74, 6) is 1.19. The number of ether oxygens (including phenoxy) is 4. The molecule has 34 heavy (non-hydrogen) atoms. The lowest BCUT2D eigenvalue weighted by atomic mass is 9.87. The van der Waals surface area contributed by atoms with Crippen molar-refractivity contribution < 1.29 is 34.0 Å². The first kappa shape index (κ1) is 24.8. The maximum Gasteiger partial charge on any atom is 0.335 e. The molecule has 2 aliphatic heterocycles. The van der Waals surface area contributed by atoms with Crippen molar-refractivity contribution in [2.24, 2.45) is 0 Å². The number of nitrogens with zero attached hydrogens (tertiary/aromatic N) is 1. The molecule has 4 atom stereocenters. The zero-order chi connectivity index (χ0) is 24.5. The van der Waals surface area contributed by atoms with Gasteiger partial charge in [-0.05, 0) is 81.8 Å². The molecule has 0 unspecified atom stereocenters. The van der Waals surface area contributed by atoms with E-state index in [1.165, 1.54) is 0 Å². The SMILES string of the molecule is CCCN1CCc2cc3c(cc2[C@@H]2[C@H](OC(=O)[C@@H](O)CCCC(C)(C)O)C(OC)=C[C@@H]21)OCO3. The number of fused-ring (bicyclic) bond motifs is 4. The van der Waals surface area contributed by atoms with Gasteiger partial charge in [0.15, 0.2) is 23.7 Å². The number of carbonyl (C=O) groups excluding carboxylic acids is 1. The van der Waals surface area contributed by atoms with Crippen molar-refractivity contribution in [1.82, 2.24) is 4.90 Å². The van der Waals surface area contributed by atoms with Crippen LogP contribution < -0.4 is 9.47 Å². The molecule has 3 aliphatic rings. The van der Waals surface area contributed by atoms with E-state index in [2.05, 4.69) is 17.9 Å². The van der Waals surface area contributed by atoms with Crippen LogP contribution in [0, 0.1) is 0 Å². The number of aliphatic hydroxyl groups excluding tert-OH is 1. The molecule has 0 fully saturated rings. The lowest BCUT2D eigenvalue weighted by Crippen LogP contribution is -2.40. The summed E-state index contributed by atoms with van der Waals surface area (Å²) < 4.78 is 22.9. The van der Waals surface area contributed by atoms with Crippen LogP contribution in [-0.2, 0) is 20.7 Å². The molecule has 4 rings (SSSR count). The fourth-order valence-corrected chi connectivity index (χ4v) is 5.26. The molecular weight excluding hydrogens is 438 g/mol. The Kier molecular flexibility index (Phi) is 7.40. The third kappa shape index (κ3) is 5.19. The third-order valence-corrected chi connectivity index (χ3v) is 6.92. The first-order valence-corrected chi connectivity index (χ1v) is 12.2. The summed E-state index contributed by atoms with van der Waals surface area (Å²) in [6, 6.07) is 4.05. The first-order valence-electron chi connectivity index (χ1n) is 12.2. The van der Waals surface area contributed by atoms with Gasteiger partial charge in [0.05, 0.1) is 12.7 Å². The number of hydrogen-bond donors (Lipinski definition) is 2. The Hall–Kier alpha value is -2.29. The summed E-state index contributed by atoms with van der Waals surface area (Å²) in [5.41, 5.74) is 1.37. The predicted octanol–water partition coefficient (Wildman–Crippen LogP) is 2.89. The molecule has 0 spiro atoms. The van der Waals surface area contributed by atoms with Crippen LogP contribution in [0.4, 0.5) is 0 Å². The number of methoxy groups -OCH3 is 1. The van der Waals surface area contributed by atoms with Gasteiger partial charge in [-0.3, -0.25) is 4.90 Å². The quantitative estimate of drug-likeness (QED) is 0.526. The number of carbonyl (C=O) groups is 1. The summed E-state index contributed by atoms with van der Waals surface area (Å²) in [6.07, 6.45) is 3.24. The molecule has 0 bridgehead atoms. The summed E-state index contributed by atoms with van der Waals surface area (Å²) >= 11 is 0. The number of benzene rings is 1. The van der Waals surface area contributed by atoms with Crippen molar-refractivity contribution in [3.63, 3.8) is 0 Å². The third-order valence-electron chi connectivity index (χ3n) is 6.92. The molecule has 8 nitrogen and oxygen atoms in total. The molecule has 0 saturated carbocycles. The minimum Gasteiger partial charge on any atom is -0.497 e. The Labute approximate surface area is 201 Å². The maximum absolute atomic E-state index is 12.9. The molecule has 2 N–H and O–H groups in total. The van der Waals surface area contributed by atoms with Crippen molar-refractivity contribution in [1.29, 1.82) is 0 Å². The van der Waals surface area contributed by atoms with Gasteiger partial charge in [-0.2, -0.15) is 0 Å². The largest absolute Gasteiger partial charge is 0.497 e. The number of esters is 1. The van der Waals surface area contributed by atoms with Crippen LogP contribution in [0.2, 0.25) is 0 Å². The highest BCUT2D eigenvalue weighted by Crippen LogP contribution is 2.46. The maximum atomic E-state index is 12.9. The highest BCUT2D eigenvalue weighted by atomic mass is 16.7. The lowest BCUT2D eigenvalue weighted by molar-refractivity contribution is -0.160. The molecule has 8 heteroatoms. The second-order valence-electron chi connectivity index (χ2n) is 10.1. The minimum absolute atomic E-state index is 0.00153. The van der Waals surface area contributed by atoms with Gasteiger partial charge in [0.1, 0.15) is 5.76 Å². The summed E-state index contributed by atoms with van der Waals surface area (Å²) in [6.45, 7) is 7.56. The number of hydrogen-bond acceptors (Lipinski definition) is 8. The fraction of sp³-hybridized carbons (Fsp3) is 0.654. The van der Waals surface area contributed by atoms with Crippen LogP contribution >= 0.6 is 0 Å². The Morgan fingerprint density at radius 3 is 2.71 bits per heavy atom. The molecular formula is C26H37NO7. The Morgan fingerprint density at radius 2 is 2.03 bits per heavy atom. The van der Waals surface area contributed by atoms with Gasteiger partial charge in [-0.25, -0.2) is 4.79 Å². The smallest absolute Gasteiger partial charge is 0.335 e. The molecule has 0 amide bonds. The average molecular weight is 476 g/mol. The van der Waals surface area contributed by atoms with Gasteiger partial charge in [0.25, 0.3) is 0 Å².